The van der Waals surface area contributed by atoms with E-state index in [1.807, 2.05) is 0 Å². The minimum atomic E-state index is -4.91. The van der Waals surface area contributed by atoms with Gasteiger partial charge in [0.15, 0.2) is 23.3 Å². The van der Waals surface area contributed by atoms with Crippen molar-refractivity contribution < 1.29 is 35.1 Å². The average Bonchev–Trinajstić information content (AvgIpc) is 2.50. The van der Waals surface area contributed by atoms with Crippen molar-refractivity contribution in [2.45, 2.75) is 12.1 Å². The quantitative estimate of drug-likeness (QED) is 0.274. The van der Waals surface area contributed by atoms with E-state index in [2.05, 4.69) is 0 Å². The third-order valence-corrected chi connectivity index (χ3v) is 3.36. The Hall–Kier alpha value is -1.83. The Balaban J connectivity index is 2.89. The molecule has 9 heteroatoms. The normalized spacial score (nSPS) is 11.9. The highest BCUT2D eigenvalue weighted by molar-refractivity contribution is 6.17. The van der Waals surface area contributed by atoms with Crippen molar-refractivity contribution in [2.75, 3.05) is 0 Å². The second-order valence-electron chi connectivity index (χ2n) is 4.41. The number of benzene rings is 2. The molecule has 2 aromatic rings. The summed E-state index contributed by atoms with van der Waals surface area (Å²) >= 11 is 5.40. The summed E-state index contributed by atoms with van der Waals surface area (Å²) < 4.78 is 106. The molecular weight excluding hydrogens is 356 g/mol. The Morgan fingerprint density at radius 2 is 1.26 bits per heavy atom. The fourth-order valence-electron chi connectivity index (χ4n) is 2.07. The monoisotopic (exact) mass is 360 g/mol. The number of hydrogen-bond donors (Lipinski definition) is 0. The van der Waals surface area contributed by atoms with Gasteiger partial charge in [0.1, 0.15) is 0 Å². The highest BCUT2D eigenvalue weighted by Gasteiger charge is 2.35. The summed E-state index contributed by atoms with van der Waals surface area (Å²) in [4.78, 5) is 0. The number of hydrogen-bond acceptors (Lipinski definition) is 0. The van der Waals surface area contributed by atoms with Crippen molar-refractivity contribution in [3.05, 3.63) is 58.4 Å². The lowest BCUT2D eigenvalue weighted by molar-refractivity contribution is -0.138. The van der Waals surface area contributed by atoms with E-state index < -0.39 is 63.4 Å². The first kappa shape index (κ1) is 17.5. The van der Waals surface area contributed by atoms with E-state index in [9.17, 15) is 35.1 Å². The first-order valence-corrected chi connectivity index (χ1v) is 6.41. The van der Waals surface area contributed by atoms with Crippen molar-refractivity contribution >= 4 is 11.6 Å². The topological polar surface area (TPSA) is 0 Å². The minimum absolute atomic E-state index is 0.591. The Morgan fingerprint density at radius 1 is 0.783 bits per heavy atom. The lowest BCUT2D eigenvalue weighted by Crippen LogP contribution is -2.11. The summed E-state index contributed by atoms with van der Waals surface area (Å²) in [5, 5.41) is 0. The maximum atomic E-state index is 13.8. The molecule has 124 valence electrons. The Morgan fingerprint density at radius 3 is 1.70 bits per heavy atom. The van der Waals surface area contributed by atoms with Crippen LogP contribution < -0.4 is 0 Å². The molecule has 0 heterocycles. The van der Waals surface area contributed by atoms with Crippen LogP contribution in [0.25, 0.3) is 11.1 Å². The van der Waals surface area contributed by atoms with Crippen LogP contribution in [0.2, 0.25) is 0 Å². The second kappa shape index (κ2) is 5.99. The van der Waals surface area contributed by atoms with Crippen LogP contribution >= 0.6 is 11.6 Å². The van der Waals surface area contributed by atoms with Gasteiger partial charge in [-0.25, -0.2) is 22.0 Å². The first-order chi connectivity index (χ1) is 10.6. The van der Waals surface area contributed by atoms with Gasteiger partial charge in [-0.15, -0.1) is 11.6 Å². The van der Waals surface area contributed by atoms with Crippen LogP contribution in [0, 0.1) is 29.1 Å². The fourth-order valence-corrected chi connectivity index (χ4v) is 2.36. The Labute approximate surface area is 129 Å². The molecule has 0 bridgehead atoms. The molecule has 0 fully saturated rings. The molecule has 0 atom stereocenters. The van der Waals surface area contributed by atoms with E-state index >= 15 is 0 Å². The zero-order valence-corrected chi connectivity index (χ0v) is 11.6. The molecule has 2 aromatic carbocycles. The summed E-state index contributed by atoms with van der Waals surface area (Å²) in [5.74, 6) is -12.2. The third kappa shape index (κ3) is 2.87. The molecule has 0 unspecified atom stereocenters. The molecule has 0 aliphatic carbocycles. The summed E-state index contributed by atoms with van der Waals surface area (Å²) in [6.45, 7) is 0. The van der Waals surface area contributed by atoms with Gasteiger partial charge >= 0.3 is 6.18 Å². The summed E-state index contributed by atoms with van der Waals surface area (Å²) in [5.41, 5.74) is -4.38. The van der Waals surface area contributed by atoms with E-state index in [1.165, 1.54) is 0 Å². The highest BCUT2D eigenvalue weighted by atomic mass is 35.5. The Kier molecular flexibility index (Phi) is 4.57. The molecule has 0 N–H and O–H groups in total. The van der Waals surface area contributed by atoms with E-state index in [-0.39, 0.29) is 0 Å². The van der Waals surface area contributed by atoms with Gasteiger partial charge in [0, 0.05) is 5.88 Å². The molecule has 0 saturated carbocycles. The summed E-state index contributed by atoms with van der Waals surface area (Å²) in [7, 11) is 0. The third-order valence-electron chi connectivity index (χ3n) is 3.09. The lowest BCUT2D eigenvalue weighted by Gasteiger charge is -2.16. The molecule has 0 nitrogen and oxygen atoms in total. The van der Waals surface area contributed by atoms with Crippen LogP contribution in [0.1, 0.15) is 11.1 Å². The predicted molar refractivity (Wildman–Crippen MR) is 66.2 cm³/mol. The number of alkyl halides is 4. The van der Waals surface area contributed by atoms with Gasteiger partial charge in [-0.1, -0.05) is 12.1 Å². The zero-order valence-electron chi connectivity index (χ0n) is 10.8. The van der Waals surface area contributed by atoms with Crippen LogP contribution in [-0.4, -0.2) is 0 Å². The van der Waals surface area contributed by atoms with Crippen LogP contribution in [0.5, 0.6) is 0 Å². The van der Waals surface area contributed by atoms with E-state index in [4.69, 9.17) is 11.6 Å². The molecule has 0 amide bonds. The van der Waals surface area contributed by atoms with Crippen molar-refractivity contribution in [3.63, 3.8) is 0 Å². The van der Waals surface area contributed by atoms with Crippen molar-refractivity contribution in [2.24, 2.45) is 0 Å². The van der Waals surface area contributed by atoms with E-state index in [0.717, 1.165) is 12.1 Å². The predicted octanol–water partition coefficient (Wildman–Crippen LogP) is 5.81. The van der Waals surface area contributed by atoms with Gasteiger partial charge in [0.2, 0.25) is 5.82 Å². The zero-order chi connectivity index (χ0) is 17.5. The minimum Gasteiger partial charge on any atom is -0.203 e. The smallest absolute Gasteiger partial charge is 0.203 e. The maximum absolute atomic E-state index is 13.8. The van der Waals surface area contributed by atoms with Crippen LogP contribution in [0.3, 0.4) is 0 Å². The Bertz CT molecular complexity index is 737. The molecule has 0 saturated heterocycles. The molecule has 0 spiro atoms. The maximum Gasteiger partial charge on any atom is 0.416 e. The molecule has 23 heavy (non-hydrogen) atoms. The SMILES string of the molecule is Fc1c(F)c(F)c(-c2cccc(C(F)(F)F)c2CCl)c(F)c1F. The van der Waals surface area contributed by atoms with Crippen molar-refractivity contribution in [3.8, 4) is 11.1 Å². The number of halogens is 9. The van der Waals surface area contributed by atoms with E-state index in [0.29, 0.717) is 6.07 Å². The standard InChI is InChI=1S/C14H5ClF8/c15-4-6-5(2-1-3-7(6)14(21,22)23)8-9(16)11(18)13(20)12(19)10(8)17/h1-3H,4H2. The highest BCUT2D eigenvalue weighted by Crippen LogP contribution is 2.40. The molecule has 0 radical (unpaired) electrons. The van der Waals surface area contributed by atoms with Gasteiger partial charge in [-0.2, -0.15) is 13.2 Å². The lowest BCUT2D eigenvalue weighted by atomic mass is 9.95. The van der Waals surface area contributed by atoms with Crippen LogP contribution in [0.4, 0.5) is 35.1 Å². The molecule has 0 aliphatic rings. The number of rotatable bonds is 2. The van der Waals surface area contributed by atoms with Crippen molar-refractivity contribution in [1.29, 1.82) is 0 Å². The molecular formula is C14H5ClF8. The van der Waals surface area contributed by atoms with Gasteiger partial charge in [0.05, 0.1) is 11.1 Å². The summed E-state index contributed by atoms with van der Waals surface area (Å²) in [6, 6.07) is 2.17. The van der Waals surface area contributed by atoms with Crippen LogP contribution in [-0.2, 0) is 12.1 Å². The van der Waals surface area contributed by atoms with Gasteiger partial charge < -0.3 is 0 Å². The second-order valence-corrected chi connectivity index (χ2v) is 4.68. The average molecular weight is 361 g/mol. The van der Waals surface area contributed by atoms with Gasteiger partial charge in [-0.05, 0) is 17.2 Å². The first-order valence-electron chi connectivity index (χ1n) is 5.88. The molecule has 0 aromatic heterocycles. The van der Waals surface area contributed by atoms with Gasteiger partial charge in [-0.3, -0.25) is 0 Å². The van der Waals surface area contributed by atoms with E-state index in [1.54, 1.807) is 0 Å². The summed E-state index contributed by atoms with van der Waals surface area (Å²) in [6.07, 6.45) is -4.91. The largest absolute Gasteiger partial charge is 0.416 e. The van der Waals surface area contributed by atoms with Crippen LogP contribution in [0.15, 0.2) is 18.2 Å². The van der Waals surface area contributed by atoms with Gasteiger partial charge in [0.25, 0.3) is 0 Å². The molecule has 0 aliphatic heterocycles. The van der Waals surface area contributed by atoms with Crippen molar-refractivity contribution in [1.82, 2.24) is 0 Å². The fraction of sp³-hybridized carbons (Fsp3) is 0.143. The molecule has 2 rings (SSSR count).